The Balaban J connectivity index is 1.32. The van der Waals surface area contributed by atoms with Gasteiger partial charge in [-0.1, -0.05) is 45.7 Å². The van der Waals surface area contributed by atoms with Crippen LogP contribution in [0.2, 0.25) is 0 Å². The van der Waals surface area contributed by atoms with Gasteiger partial charge in [-0.05, 0) is 69.9 Å². The quantitative estimate of drug-likeness (QED) is 0.286. The van der Waals surface area contributed by atoms with E-state index >= 15 is 0 Å². The second-order valence-corrected chi connectivity index (χ2v) is 17.0. The number of hydrogen-bond donors (Lipinski definition) is 1. The number of alkyl carbamates (subject to hydrolysis) is 1. The highest BCUT2D eigenvalue weighted by Crippen LogP contribution is 2.41. The number of hydrogen-bond acceptors (Lipinski definition) is 10. The van der Waals surface area contributed by atoms with E-state index in [0.717, 1.165) is 48.8 Å². The summed E-state index contributed by atoms with van der Waals surface area (Å²) in [5.41, 5.74) is 0.314. The molecule has 3 amide bonds. The highest BCUT2D eigenvalue weighted by molar-refractivity contribution is 5.91. The summed E-state index contributed by atoms with van der Waals surface area (Å²) in [6.07, 6.45) is 4.81. The van der Waals surface area contributed by atoms with Gasteiger partial charge in [-0.15, -0.1) is 0 Å². The van der Waals surface area contributed by atoms with Gasteiger partial charge in [0.05, 0.1) is 24.7 Å². The molecule has 6 rings (SSSR count). The van der Waals surface area contributed by atoms with Gasteiger partial charge >= 0.3 is 18.2 Å². The van der Waals surface area contributed by atoms with Crippen LogP contribution in [-0.2, 0) is 30.2 Å². The molecule has 5 atom stereocenters. The van der Waals surface area contributed by atoms with Crippen LogP contribution in [0.1, 0.15) is 98.5 Å². The summed E-state index contributed by atoms with van der Waals surface area (Å²) in [5.74, 6) is 0.471. The van der Waals surface area contributed by atoms with Crippen LogP contribution in [-0.4, -0.2) is 102 Å². The molecule has 1 unspecified atom stereocenters. The van der Waals surface area contributed by atoms with Gasteiger partial charge in [-0.3, -0.25) is 4.79 Å². The van der Waals surface area contributed by atoms with Crippen LogP contribution < -0.4 is 14.8 Å². The van der Waals surface area contributed by atoms with Crippen molar-refractivity contribution in [1.29, 1.82) is 0 Å². The molecule has 3 aliphatic heterocycles. The van der Waals surface area contributed by atoms with Gasteiger partial charge in [0.1, 0.15) is 41.7 Å². The first-order valence-electron chi connectivity index (χ1n) is 19.2. The Morgan fingerprint density at radius 3 is 2.38 bits per heavy atom. The van der Waals surface area contributed by atoms with E-state index in [1.807, 2.05) is 65.8 Å². The van der Waals surface area contributed by atoms with Crippen molar-refractivity contribution in [1.82, 2.24) is 20.1 Å². The Labute approximate surface area is 312 Å². The molecule has 1 saturated carbocycles. The first-order valence-corrected chi connectivity index (χ1v) is 19.2. The van der Waals surface area contributed by atoms with E-state index in [9.17, 15) is 19.2 Å². The monoisotopic (exact) mass is 736 g/mol. The number of aromatic nitrogens is 1. The van der Waals surface area contributed by atoms with Gasteiger partial charge in [-0.25, -0.2) is 19.4 Å². The SMILES string of the molecule is COC(=O)[C@@H]1C[C@@H]2CN1C(=O)[C@H](C(C)(C)C)NC(=O)O[C@@H]1CC1CCCCCc1c(nc3ccccc3c1OC1CCN(C(=O)OC(C)(C)C)CC1)O2. The Morgan fingerprint density at radius 1 is 0.943 bits per heavy atom. The van der Waals surface area contributed by atoms with Crippen LogP contribution in [0.25, 0.3) is 10.9 Å². The largest absolute Gasteiger partial charge is 0.489 e. The van der Waals surface area contributed by atoms with Gasteiger partial charge in [0.15, 0.2) is 0 Å². The molecule has 2 aromatic rings. The Morgan fingerprint density at radius 2 is 1.68 bits per heavy atom. The van der Waals surface area contributed by atoms with Gasteiger partial charge in [0.25, 0.3) is 0 Å². The van der Waals surface area contributed by atoms with Gasteiger partial charge < -0.3 is 38.8 Å². The number of nitrogens with one attached hydrogen (secondary N) is 1. The molecule has 3 fully saturated rings. The van der Waals surface area contributed by atoms with Crippen LogP contribution in [0, 0.1) is 11.3 Å². The second kappa shape index (κ2) is 15.6. The van der Waals surface area contributed by atoms with Crippen molar-refractivity contribution >= 4 is 35.0 Å². The number of esters is 1. The number of carbonyl (C=O) groups excluding carboxylic acids is 4. The zero-order valence-electron chi connectivity index (χ0n) is 32.3. The number of piperidine rings is 1. The summed E-state index contributed by atoms with van der Waals surface area (Å²) in [6.45, 7) is 12.3. The Kier molecular flexibility index (Phi) is 11.3. The number of benzene rings is 1. The highest BCUT2D eigenvalue weighted by Gasteiger charge is 2.48. The summed E-state index contributed by atoms with van der Waals surface area (Å²) in [6, 6.07) is 5.96. The van der Waals surface area contributed by atoms with Crippen molar-refractivity contribution in [2.75, 3.05) is 26.7 Å². The van der Waals surface area contributed by atoms with Crippen LogP contribution in [0.4, 0.5) is 9.59 Å². The average molecular weight is 737 g/mol. The summed E-state index contributed by atoms with van der Waals surface area (Å²) in [4.78, 5) is 61.5. The van der Waals surface area contributed by atoms with Gasteiger partial charge in [0.2, 0.25) is 11.8 Å². The molecule has 4 aliphatic rings. The van der Waals surface area contributed by atoms with Crippen molar-refractivity contribution in [2.24, 2.45) is 11.3 Å². The minimum absolute atomic E-state index is 0.0971. The standard InChI is InChI=1S/C40H56N4O9/c1-39(2,3)33-35(45)44-23-26(22-30(44)36(46)49-7)51-34-28(15-10-8-9-13-24-21-31(24)52-37(47)42-33)32(27-14-11-12-16-29(27)41-34)50-25-17-19-43(20-18-25)38(48)53-40(4,5)6/h11-12,14,16,24-26,30-31,33H,8-10,13,15,17-23H2,1-7H3,(H,42,47)/t24?,26-,30+,31-,33-/m1/s1. The third kappa shape index (κ3) is 9.27. The van der Waals surface area contributed by atoms with Gasteiger partial charge in [0, 0.05) is 37.7 Å². The molecule has 53 heavy (non-hydrogen) atoms. The number of carbonyl (C=O) groups is 4. The first-order chi connectivity index (χ1) is 25.1. The van der Waals surface area contributed by atoms with Crippen molar-refractivity contribution < 1.29 is 42.9 Å². The number of likely N-dealkylation sites (tertiary alicyclic amines) is 1. The van der Waals surface area contributed by atoms with Crippen LogP contribution in [0.3, 0.4) is 0 Å². The van der Waals surface area contributed by atoms with Crippen LogP contribution >= 0.6 is 0 Å². The smallest absolute Gasteiger partial charge is 0.410 e. The lowest BCUT2D eigenvalue weighted by Crippen LogP contribution is -2.57. The van der Waals surface area contributed by atoms with Crippen molar-refractivity contribution in [3.8, 4) is 11.6 Å². The van der Waals surface area contributed by atoms with E-state index in [1.165, 1.54) is 12.0 Å². The van der Waals surface area contributed by atoms with E-state index in [2.05, 4.69) is 5.32 Å². The number of ether oxygens (including phenoxy) is 5. The molecule has 13 heteroatoms. The molecule has 13 nitrogen and oxygen atoms in total. The Bertz CT molecular complexity index is 1680. The lowest BCUT2D eigenvalue weighted by molar-refractivity contribution is -0.152. The predicted molar refractivity (Wildman–Crippen MR) is 197 cm³/mol. The first kappa shape index (κ1) is 38.4. The lowest BCUT2D eigenvalue weighted by Gasteiger charge is -2.34. The van der Waals surface area contributed by atoms with Crippen molar-refractivity contribution in [3.63, 3.8) is 0 Å². The molecular weight excluding hydrogens is 680 g/mol. The number of para-hydroxylation sites is 1. The lowest BCUT2D eigenvalue weighted by atomic mass is 9.85. The van der Waals surface area contributed by atoms with E-state index < -0.39 is 47.2 Å². The molecule has 1 aliphatic carbocycles. The Hall–Kier alpha value is -4.29. The topological polar surface area (TPSA) is 146 Å². The van der Waals surface area contributed by atoms with Crippen molar-refractivity contribution in [2.45, 2.75) is 135 Å². The fraction of sp³-hybridized carbons (Fsp3) is 0.675. The van der Waals surface area contributed by atoms with E-state index in [1.54, 1.807) is 4.90 Å². The summed E-state index contributed by atoms with van der Waals surface area (Å²) >= 11 is 0. The number of fused-ring (bicyclic) bond motifs is 5. The summed E-state index contributed by atoms with van der Waals surface area (Å²) in [7, 11) is 1.30. The molecule has 0 radical (unpaired) electrons. The normalized spacial score (nSPS) is 26.2. The zero-order chi connectivity index (χ0) is 38.1. The molecule has 290 valence electrons. The van der Waals surface area contributed by atoms with Gasteiger partial charge in [-0.2, -0.15) is 0 Å². The number of methoxy groups -OCH3 is 1. The summed E-state index contributed by atoms with van der Waals surface area (Å²) in [5, 5.41) is 3.70. The minimum Gasteiger partial charge on any atom is -0.489 e. The zero-order valence-corrected chi connectivity index (χ0v) is 32.3. The molecule has 4 heterocycles. The molecule has 1 aromatic heterocycles. The minimum atomic E-state index is -0.951. The number of pyridine rings is 1. The molecule has 1 N–H and O–H groups in total. The van der Waals surface area contributed by atoms with E-state index in [4.69, 9.17) is 28.7 Å². The molecule has 1 aromatic carbocycles. The fourth-order valence-electron chi connectivity index (χ4n) is 7.60. The van der Waals surface area contributed by atoms with Crippen LogP contribution in [0.15, 0.2) is 24.3 Å². The predicted octanol–water partition coefficient (Wildman–Crippen LogP) is 6.18. The van der Waals surface area contributed by atoms with E-state index in [0.29, 0.717) is 43.7 Å². The number of rotatable bonds is 3. The number of nitrogens with zero attached hydrogens (tertiary/aromatic N) is 3. The highest BCUT2D eigenvalue weighted by atomic mass is 16.6. The van der Waals surface area contributed by atoms with Crippen LogP contribution in [0.5, 0.6) is 11.6 Å². The molecule has 2 bridgehead atoms. The third-order valence-electron chi connectivity index (χ3n) is 10.6. The summed E-state index contributed by atoms with van der Waals surface area (Å²) < 4.78 is 30.1. The molecular formula is C40H56N4O9. The average Bonchev–Trinajstić information content (AvgIpc) is 3.69. The molecule has 2 saturated heterocycles. The maximum Gasteiger partial charge on any atom is 0.410 e. The number of amides is 3. The van der Waals surface area contributed by atoms with E-state index in [-0.39, 0.29) is 37.2 Å². The maximum atomic E-state index is 14.3. The molecule has 0 spiro atoms. The third-order valence-corrected chi connectivity index (χ3v) is 10.6. The van der Waals surface area contributed by atoms with Crippen molar-refractivity contribution in [3.05, 3.63) is 29.8 Å². The second-order valence-electron chi connectivity index (χ2n) is 17.0. The fourth-order valence-corrected chi connectivity index (χ4v) is 7.60. The maximum absolute atomic E-state index is 14.3.